The van der Waals surface area contributed by atoms with Crippen LogP contribution in [0.2, 0.25) is 0 Å². The summed E-state index contributed by atoms with van der Waals surface area (Å²) in [6, 6.07) is 9.62. The Balaban J connectivity index is 1.25. The summed E-state index contributed by atoms with van der Waals surface area (Å²) in [5.41, 5.74) is 3.74. The number of piperazine rings is 1. The number of aryl methyl sites for hydroxylation is 1. The number of nitrogens with zero attached hydrogens (tertiary/aromatic N) is 7. The first kappa shape index (κ1) is 21.9. The van der Waals surface area contributed by atoms with E-state index in [4.69, 9.17) is 0 Å². The lowest BCUT2D eigenvalue weighted by Gasteiger charge is -2.33. The van der Waals surface area contributed by atoms with Gasteiger partial charge in [0.1, 0.15) is 17.2 Å². The van der Waals surface area contributed by atoms with Crippen molar-refractivity contribution in [1.29, 1.82) is 0 Å². The molecule has 1 fully saturated rings. The van der Waals surface area contributed by atoms with Crippen LogP contribution in [-0.4, -0.2) is 62.6 Å². The first-order chi connectivity index (χ1) is 17.0. The number of rotatable bonds is 4. The number of imidazole rings is 1. The summed E-state index contributed by atoms with van der Waals surface area (Å²) in [4.78, 5) is 22.8. The second-order valence-electron chi connectivity index (χ2n) is 9.55. The summed E-state index contributed by atoms with van der Waals surface area (Å²) in [7, 11) is 2.15. The van der Waals surface area contributed by atoms with Crippen LogP contribution in [0.3, 0.4) is 0 Å². The summed E-state index contributed by atoms with van der Waals surface area (Å²) in [5, 5.41) is 3.18. The molecule has 1 unspecified atom stereocenters. The fraction of sp³-hybridized carbons (Fsp3) is 0.385. The minimum absolute atomic E-state index is 0.306. The average molecular weight is 473 g/mol. The summed E-state index contributed by atoms with van der Waals surface area (Å²) in [5.74, 6) is 1.73. The number of halogens is 1. The molecule has 35 heavy (non-hydrogen) atoms. The van der Waals surface area contributed by atoms with Gasteiger partial charge in [-0.1, -0.05) is 0 Å². The van der Waals surface area contributed by atoms with Gasteiger partial charge in [0.05, 0.1) is 23.1 Å². The Hall–Kier alpha value is -3.59. The minimum atomic E-state index is -0.319. The van der Waals surface area contributed by atoms with Crippen LogP contribution < -0.4 is 10.2 Å². The number of aromatic nitrogens is 5. The van der Waals surface area contributed by atoms with E-state index in [2.05, 4.69) is 59.7 Å². The van der Waals surface area contributed by atoms with Crippen molar-refractivity contribution in [2.75, 3.05) is 43.4 Å². The first-order valence-corrected chi connectivity index (χ1v) is 12.3. The van der Waals surface area contributed by atoms with E-state index in [-0.39, 0.29) is 5.82 Å². The number of pyridine rings is 1. The molecule has 1 atom stereocenters. The molecule has 1 aromatic carbocycles. The second-order valence-corrected chi connectivity index (χ2v) is 9.55. The normalized spacial score (nSPS) is 18.6. The van der Waals surface area contributed by atoms with Gasteiger partial charge < -0.3 is 19.7 Å². The first-order valence-electron chi connectivity index (χ1n) is 12.3. The van der Waals surface area contributed by atoms with Crippen molar-refractivity contribution in [2.45, 2.75) is 32.2 Å². The third-order valence-corrected chi connectivity index (χ3v) is 7.09. The zero-order chi connectivity index (χ0) is 23.9. The molecule has 0 aliphatic carbocycles. The molecule has 180 valence electrons. The third-order valence-electron chi connectivity index (χ3n) is 7.09. The zero-order valence-electron chi connectivity index (χ0n) is 20.1. The van der Waals surface area contributed by atoms with Gasteiger partial charge in [0.15, 0.2) is 5.82 Å². The van der Waals surface area contributed by atoms with Crippen molar-refractivity contribution in [3.05, 3.63) is 54.4 Å². The number of hydrogen-bond acceptors (Lipinski definition) is 7. The predicted octanol–water partition coefficient (Wildman–Crippen LogP) is 4.42. The van der Waals surface area contributed by atoms with Crippen molar-refractivity contribution >= 4 is 28.5 Å². The standard InChI is InChI=1S/C26H29FN8/c1-17-4-3-5-24-32-25-20(27)14-18(15-22(25)35(17)24)21-8-9-28-26(30-21)31-23-7-6-19(16-29-23)34-12-10-33(2)11-13-34/h6-9,14-17H,3-5,10-13H2,1-2H3,(H,28,29,30,31). The number of fused-ring (bicyclic) bond motifs is 3. The molecule has 4 aromatic rings. The van der Waals surface area contributed by atoms with Gasteiger partial charge in [0, 0.05) is 50.4 Å². The summed E-state index contributed by atoms with van der Waals surface area (Å²) >= 11 is 0. The highest BCUT2D eigenvalue weighted by Gasteiger charge is 2.23. The topological polar surface area (TPSA) is 75.0 Å². The van der Waals surface area contributed by atoms with E-state index in [1.54, 1.807) is 12.3 Å². The second kappa shape index (κ2) is 8.88. The number of nitrogens with one attached hydrogen (secondary N) is 1. The molecule has 1 N–H and O–H groups in total. The van der Waals surface area contributed by atoms with E-state index >= 15 is 4.39 Å². The van der Waals surface area contributed by atoms with Crippen LogP contribution in [-0.2, 0) is 6.42 Å². The van der Waals surface area contributed by atoms with Crippen molar-refractivity contribution in [1.82, 2.24) is 29.4 Å². The molecule has 0 amide bonds. The number of benzene rings is 1. The fourth-order valence-corrected chi connectivity index (χ4v) is 5.11. The molecule has 0 bridgehead atoms. The van der Waals surface area contributed by atoms with Crippen LogP contribution in [0.25, 0.3) is 22.3 Å². The van der Waals surface area contributed by atoms with Gasteiger partial charge in [0.25, 0.3) is 0 Å². The van der Waals surface area contributed by atoms with Gasteiger partial charge in [-0.3, -0.25) is 0 Å². The lowest BCUT2D eigenvalue weighted by Crippen LogP contribution is -2.44. The molecule has 2 aliphatic rings. The molecular weight excluding hydrogens is 443 g/mol. The Labute approximate surface area is 203 Å². The molecule has 0 radical (unpaired) electrons. The number of anilines is 3. The smallest absolute Gasteiger partial charge is 0.228 e. The summed E-state index contributed by atoms with van der Waals surface area (Å²) in [6.45, 7) is 6.26. The highest BCUT2D eigenvalue weighted by molar-refractivity contribution is 5.83. The Morgan fingerprint density at radius 1 is 1.03 bits per heavy atom. The minimum Gasteiger partial charge on any atom is -0.368 e. The van der Waals surface area contributed by atoms with E-state index in [1.807, 2.05) is 18.3 Å². The quantitative estimate of drug-likeness (QED) is 0.471. The largest absolute Gasteiger partial charge is 0.368 e. The molecule has 9 heteroatoms. The monoisotopic (exact) mass is 472 g/mol. The van der Waals surface area contributed by atoms with E-state index in [0.717, 1.165) is 62.5 Å². The molecule has 6 rings (SSSR count). The summed E-state index contributed by atoms with van der Waals surface area (Å²) < 4.78 is 17.2. The van der Waals surface area contributed by atoms with E-state index in [9.17, 15) is 0 Å². The van der Waals surface area contributed by atoms with Gasteiger partial charge >= 0.3 is 0 Å². The van der Waals surface area contributed by atoms with Crippen LogP contribution in [0.4, 0.5) is 21.8 Å². The zero-order valence-corrected chi connectivity index (χ0v) is 20.1. The van der Waals surface area contributed by atoms with Gasteiger partial charge in [-0.25, -0.2) is 24.3 Å². The maximum atomic E-state index is 15.1. The number of hydrogen-bond donors (Lipinski definition) is 1. The Morgan fingerprint density at radius 3 is 2.69 bits per heavy atom. The van der Waals surface area contributed by atoms with E-state index < -0.39 is 0 Å². The SMILES string of the molecule is CC1CCCc2nc3c(F)cc(-c4ccnc(Nc5ccc(N6CCN(C)CC6)cn5)n4)cc3n21. The fourth-order valence-electron chi connectivity index (χ4n) is 5.11. The van der Waals surface area contributed by atoms with Crippen molar-refractivity contribution in [2.24, 2.45) is 0 Å². The molecule has 5 heterocycles. The number of likely N-dealkylation sites (N-methyl/N-ethyl adjacent to an activating group) is 1. The highest BCUT2D eigenvalue weighted by Crippen LogP contribution is 2.33. The van der Waals surface area contributed by atoms with Crippen molar-refractivity contribution in [3.8, 4) is 11.3 Å². The van der Waals surface area contributed by atoms with Crippen LogP contribution in [0.1, 0.15) is 31.6 Å². The average Bonchev–Trinajstić information content (AvgIpc) is 3.26. The van der Waals surface area contributed by atoms with Crippen LogP contribution in [0, 0.1) is 5.82 Å². The molecule has 3 aromatic heterocycles. The Morgan fingerprint density at radius 2 is 1.89 bits per heavy atom. The molecule has 0 saturated carbocycles. The van der Waals surface area contributed by atoms with E-state index in [0.29, 0.717) is 34.6 Å². The molecular formula is C26H29FN8. The van der Waals surface area contributed by atoms with Crippen LogP contribution >= 0.6 is 0 Å². The van der Waals surface area contributed by atoms with Gasteiger partial charge in [-0.15, -0.1) is 0 Å². The van der Waals surface area contributed by atoms with Gasteiger partial charge in [0.2, 0.25) is 5.95 Å². The van der Waals surface area contributed by atoms with Crippen molar-refractivity contribution < 1.29 is 4.39 Å². The Bertz CT molecular complexity index is 1360. The maximum Gasteiger partial charge on any atom is 0.228 e. The Kier molecular flexibility index (Phi) is 5.56. The molecule has 0 spiro atoms. The highest BCUT2D eigenvalue weighted by atomic mass is 19.1. The van der Waals surface area contributed by atoms with Crippen molar-refractivity contribution in [3.63, 3.8) is 0 Å². The van der Waals surface area contributed by atoms with Gasteiger partial charge in [-0.2, -0.15) is 0 Å². The maximum absolute atomic E-state index is 15.1. The molecule has 8 nitrogen and oxygen atoms in total. The summed E-state index contributed by atoms with van der Waals surface area (Å²) in [6.07, 6.45) is 6.61. The van der Waals surface area contributed by atoms with Crippen LogP contribution in [0.5, 0.6) is 0 Å². The third kappa shape index (κ3) is 4.20. The predicted molar refractivity (Wildman–Crippen MR) is 136 cm³/mol. The van der Waals surface area contributed by atoms with E-state index in [1.165, 1.54) is 6.07 Å². The van der Waals surface area contributed by atoms with Crippen LogP contribution in [0.15, 0.2) is 42.7 Å². The molecule has 2 aliphatic heterocycles. The lowest BCUT2D eigenvalue weighted by molar-refractivity contribution is 0.313. The lowest BCUT2D eigenvalue weighted by atomic mass is 10.1. The van der Waals surface area contributed by atoms with Gasteiger partial charge in [-0.05, 0) is 57.1 Å². The molecule has 1 saturated heterocycles.